The first kappa shape index (κ1) is 10.8. The SMILES string of the molecule is CCC(C)C(N)C1=CCCCCC1. The minimum Gasteiger partial charge on any atom is -0.324 e. The Kier molecular flexibility index (Phi) is 4.51. The molecule has 0 amide bonds. The number of rotatable bonds is 3. The summed E-state index contributed by atoms with van der Waals surface area (Å²) in [5.74, 6) is 0.643. The van der Waals surface area contributed by atoms with Gasteiger partial charge in [-0.05, 0) is 31.6 Å². The average Bonchev–Trinajstić information content (AvgIpc) is 2.43. The largest absolute Gasteiger partial charge is 0.324 e. The second-order valence-electron chi connectivity index (χ2n) is 4.29. The average molecular weight is 181 g/mol. The molecule has 0 saturated carbocycles. The normalized spacial score (nSPS) is 23.2. The van der Waals surface area contributed by atoms with Gasteiger partial charge in [0.1, 0.15) is 0 Å². The van der Waals surface area contributed by atoms with Gasteiger partial charge in [0.2, 0.25) is 0 Å². The zero-order chi connectivity index (χ0) is 9.68. The van der Waals surface area contributed by atoms with Gasteiger partial charge in [-0.3, -0.25) is 0 Å². The molecule has 1 nitrogen and oxygen atoms in total. The second kappa shape index (κ2) is 5.43. The topological polar surface area (TPSA) is 26.0 Å². The van der Waals surface area contributed by atoms with Crippen LogP contribution in [-0.4, -0.2) is 6.04 Å². The van der Waals surface area contributed by atoms with E-state index >= 15 is 0 Å². The molecule has 76 valence electrons. The van der Waals surface area contributed by atoms with Crippen LogP contribution in [0.2, 0.25) is 0 Å². The minimum absolute atomic E-state index is 0.322. The Balaban J connectivity index is 2.52. The summed E-state index contributed by atoms with van der Waals surface area (Å²) < 4.78 is 0. The smallest absolute Gasteiger partial charge is 0.0279 e. The molecule has 0 spiro atoms. The Bertz CT molecular complexity index is 172. The molecule has 0 fully saturated rings. The van der Waals surface area contributed by atoms with E-state index in [2.05, 4.69) is 19.9 Å². The third-order valence-corrected chi connectivity index (χ3v) is 3.26. The molecule has 0 aliphatic heterocycles. The predicted molar refractivity (Wildman–Crippen MR) is 58.6 cm³/mol. The van der Waals surface area contributed by atoms with Crippen LogP contribution in [0.25, 0.3) is 0 Å². The van der Waals surface area contributed by atoms with Gasteiger partial charge in [0, 0.05) is 6.04 Å². The fraction of sp³-hybridized carbons (Fsp3) is 0.833. The third-order valence-electron chi connectivity index (χ3n) is 3.26. The van der Waals surface area contributed by atoms with Crippen molar-refractivity contribution >= 4 is 0 Å². The molecule has 0 heterocycles. The Morgan fingerprint density at radius 1 is 1.38 bits per heavy atom. The highest BCUT2D eigenvalue weighted by molar-refractivity contribution is 5.12. The molecule has 1 aliphatic carbocycles. The molecule has 0 aromatic rings. The van der Waals surface area contributed by atoms with Crippen molar-refractivity contribution in [2.75, 3.05) is 0 Å². The van der Waals surface area contributed by atoms with Crippen molar-refractivity contribution < 1.29 is 0 Å². The van der Waals surface area contributed by atoms with Gasteiger partial charge in [-0.2, -0.15) is 0 Å². The highest BCUT2D eigenvalue weighted by atomic mass is 14.6. The third kappa shape index (κ3) is 3.15. The van der Waals surface area contributed by atoms with Crippen LogP contribution in [0.3, 0.4) is 0 Å². The maximum absolute atomic E-state index is 6.20. The monoisotopic (exact) mass is 181 g/mol. The summed E-state index contributed by atoms with van der Waals surface area (Å²) in [7, 11) is 0. The summed E-state index contributed by atoms with van der Waals surface area (Å²) in [6.07, 6.45) is 10.2. The summed E-state index contributed by atoms with van der Waals surface area (Å²) in [5.41, 5.74) is 7.72. The summed E-state index contributed by atoms with van der Waals surface area (Å²) in [5, 5.41) is 0. The second-order valence-corrected chi connectivity index (χ2v) is 4.29. The molecule has 0 saturated heterocycles. The highest BCUT2D eigenvalue weighted by Crippen LogP contribution is 2.23. The van der Waals surface area contributed by atoms with Crippen molar-refractivity contribution in [3.05, 3.63) is 11.6 Å². The van der Waals surface area contributed by atoms with E-state index in [-0.39, 0.29) is 0 Å². The van der Waals surface area contributed by atoms with Gasteiger partial charge in [0.25, 0.3) is 0 Å². The van der Waals surface area contributed by atoms with Crippen LogP contribution in [0.1, 0.15) is 52.4 Å². The van der Waals surface area contributed by atoms with E-state index in [1.54, 1.807) is 0 Å². The molecular weight excluding hydrogens is 158 g/mol. The Hall–Kier alpha value is -0.300. The van der Waals surface area contributed by atoms with Gasteiger partial charge in [-0.15, -0.1) is 0 Å². The molecule has 1 heteroatoms. The van der Waals surface area contributed by atoms with Crippen LogP contribution >= 0.6 is 0 Å². The zero-order valence-corrected chi connectivity index (χ0v) is 9.05. The van der Waals surface area contributed by atoms with Crippen molar-refractivity contribution in [1.82, 2.24) is 0 Å². The van der Waals surface area contributed by atoms with Crippen molar-refractivity contribution in [2.24, 2.45) is 11.7 Å². The maximum Gasteiger partial charge on any atom is 0.0279 e. The molecule has 0 radical (unpaired) electrons. The van der Waals surface area contributed by atoms with Gasteiger partial charge in [0.15, 0.2) is 0 Å². The van der Waals surface area contributed by atoms with Crippen LogP contribution in [0.5, 0.6) is 0 Å². The lowest BCUT2D eigenvalue weighted by Gasteiger charge is -2.21. The maximum atomic E-state index is 6.20. The standard InChI is InChI=1S/C12H23N/c1-3-10(2)12(13)11-8-6-4-5-7-9-11/h8,10,12H,3-7,9,13H2,1-2H3. The highest BCUT2D eigenvalue weighted by Gasteiger charge is 2.16. The minimum atomic E-state index is 0.322. The number of hydrogen-bond acceptors (Lipinski definition) is 1. The lowest BCUT2D eigenvalue weighted by atomic mass is 9.90. The first-order valence-corrected chi connectivity index (χ1v) is 5.70. The van der Waals surface area contributed by atoms with Crippen molar-refractivity contribution in [1.29, 1.82) is 0 Å². The van der Waals surface area contributed by atoms with Crippen LogP contribution in [-0.2, 0) is 0 Å². The van der Waals surface area contributed by atoms with Crippen molar-refractivity contribution in [2.45, 2.75) is 58.4 Å². The molecular formula is C12H23N. The molecule has 2 atom stereocenters. The number of hydrogen-bond donors (Lipinski definition) is 1. The first-order chi connectivity index (χ1) is 6.25. The number of nitrogens with two attached hydrogens (primary N) is 1. The molecule has 0 bridgehead atoms. The summed E-state index contributed by atoms with van der Waals surface area (Å²) in [6.45, 7) is 4.48. The van der Waals surface area contributed by atoms with E-state index < -0.39 is 0 Å². The van der Waals surface area contributed by atoms with E-state index in [0.717, 1.165) is 0 Å². The van der Waals surface area contributed by atoms with Gasteiger partial charge in [-0.25, -0.2) is 0 Å². The molecule has 2 N–H and O–H groups in total. The molecule has 0 aromatic heterocycles. The zero-order valence-electron chi connectivity index (χ0n) is 9.05. The summed E-state index contributed by atoms with van der Waals surface area (Å²) in [4.78, 5) is 0. The molecule has 1 rings (SSSR count). The van der Waals surface area contributed by atoms with Crippen LogP contribution < -0.4 is 5.73 Å². The first-order valence-electron chi connectivity index (χ1n) is 5.70. The predicted octanol–water partition coefficient (Wildman–Crippen LogP) is 3.25. The van der Waals surface area contributed by atoms with Crippen molar-refractivity contribution in [3.63, 3.8) is 0 Å². The van der Waals surface area contributed by atoms with E-state index in [1.807, 2.05) is 0 Å². The molecule has 13 heavy (non-hydrogen) atoms. The van der Waals surface area contributed by atoms with Gasteiger partial charge in [-0.1, -0.05) is 38.3 Å². The van der Waals surface area contributed by atoms with E-state index in [0.29, 0.717) is 12.0 Å². The lowest BCUT2D eigenvalue weighted by molar-refractivity contribution is 0.474. The Morgan fingerprint density at radius 3 is 2.85 bits per heavy atom. The summed E-state index contributed by atoms with van der Waals surface area (Å²) >= 11 is 0. The van der Waals surface area contributed by atoms with E-state index in [4.69, 9.17) is 5.73 Å². The Labute approximate surface area is 82.4 Å². The van der Waals surface area contributed by atoms with Crippen molar-refractivity contribution in [3.8, 4) is 0 Å². The Morgan fingerprint density at radius 2 is 2.15 bits per heavy atom. The van der Waals surface area contributed by atoms with Crippen LogP contribution in [0, 0.1) is 5.92 Å². The number of allylic oxidation sites excluding steroid dienone is 1. The van der Waals surface area contributed by atoms with Crippen LogP contribution in [0.4, 0.5) is 0 Å². The molecule has 2 unspecified atom stereocenters. The fourth-order valence-corrected chi connectivity index (χ4v) is 1.96. The van der Waals surface area contributed by atoms with Crippen LogP contribution in [0.15, 0.2) is 11.6 Å². The fourth-order valence-electron chi connectivity index (χ4n) is 1.96. The lowest BCUT2D eigenvalue weighted by Crippen LogP contribution is -2.30. The van der Waals surface area contributed by atoms with E-state index in [9.17, 15) is 0 Å². The summed E-state index contributed by atoms with van der Waals surface area (Å²) in [6, 6.07) is 0.322. The van der Waals surface area contributed by atoms with Gasteiger partial charge >= 0.3 is 0 Å². The van der Waals surface area contributed by atoms with Gasteiger partial charge in [0.05, 0.1) is 0 Å². The quantitative estimate of drug-likeness (QED) is 0.664. The van der Waals surface area contributed by atoms with Gasteiger partial charge < -0.3 is 5.73 Å². The van der Waals surface area contributed by atoms with E-state index in [1.165, 1.54) is 44.1 Å². The molecule has 0 aromatic carbocycles. The molecule has 1 aliphatic rings.